The molecule has 0 bridgehead atoms. The first-order chi connectivity index (χ1) is 17.8. The van der Waals surface area contributed by atoms with Crippen LogP contribution in [0.1, 0.15) is 56.6 Å². The Bertz CT molecular complexity index is 1240. The summed E-state index contributed by atoms with van der Waals surface area (Å²) in [6.07, 6.45) is 2.45. The maximum Gasteiger partial charge on any atom is 0.201 e. The van der Waals surface area contributed by atoms with Crippen molar-refractivity contribution < 1.29 is 36.2 Å². The second-order valence-corrected chi connectivity index (χ2v) is 8.98. The summed E-state index contributed by atoms with van der Waals surface area (Å²) in [5.74, 6) is -5.28. The minimum atomic E-state index is -1.17. The highest BCUT2D eigenvalue weighted by atomic mass is 19.2. The molecule has 0 amide bonds. The second kappa shape index (κ2) is 11.9. The zero-order valence-electron chi connectivity index (χ0n) is 20.8. The first kappa shape index (κ1) is 26.9. The van der Waals surface area contributed by atoms with Crippen molar-refractivity contribution in [3.63, 3.8) is 0 Å². The van der Waals surface area contributed by atoms with Gasteiger partial charge in [-0.1, -0.05) is 18.2 Å². The molecule has 0 unspecified atom stereocenters. The molecule has 0 spiro atoms. The molecule has 3 aromatic rings. The molecule has 0 aromatic heterocycles. The van der Waals surface area contributed by atoms with Gasteiger partial charge in [-0.15, -0.1) is 0 Å². The molecule has 1 saturated carbocycles. The lowest BCUT2D eigenvalue weighted by atomic mass is 9.82. The summed E-state index contributed by atoms with van der Waals surface area (Å²) in [5, 5.41) is 0. The quantitative estimate of drug-likeness (QED) is 0.267. The number of rotatable bonds is 9. The third-order valence-corrected chi connectivity index (χ3v) is 6.65. The van der Waals surface area contributed by atoms with Crippen molar-refractivity contribution in [2.45, 2.75) is 58.2 Å². The molecule has 0 atom stereocenters. The van der Waals surface area contributed by atoms with Crippen LogP contribution in [0.3, 0.4) is 0 Å². The Morgan fingerprint density at radius 3 is 1.89 bits per heavy atom. The molecule has 1 aliphatic carbocycles. The first-order valence-corrected chi connectivity index (χ1v) is 12.5. The fourth-order valence-electron chi connectivity index (χ4n) is 4.76. The second-order valence-electron chi connectivity index (χ2n) is 8.98. The summed E-state index contributed by atoms with van der Waals surface area (Å²) in [6, 6.07) is 9.85. The van der Waals surface area contributed by atoms with Gasteiger partial charge in [-0.2, -0.15) is 8.78 Å². The lowest BCUT2D eigenvalue weighted by Gasteiger charge is -2.29. The molecule has 0 saturated heterocycles. The molecule has 198 valence electrons. The van der Waals surface area contributed by atoms with Crippen molar-refractivity contribution in [1.29, 1.82) is 0 Å². The van der Waals surface area contributed by atoms with E-state index in [1.807, 2.05) is 0 Å². The normalized spacial score (nSPS) is 17.6. The molecule has 4 rings (SSSR count). The van der Waals surface area contributed by atoms with Crippen molar-refractivity contribution in [2.24, 2.45) is 0 Å². The van der Waals surface area contributed by atoms with E-state index in [1.165, 1.54) is 30.3 Å². The van der Waals surface area contributed by atoms with Gasteiger partial charge < -0.3 is 14.2 Å². The molecular formula is C29H29F5O3. The van der Waals surface area contributed by atoms with Crippen LogP contribution >= 0.6 is 0 Å². The average Bonchev–Trinajstić information content (AvgIpc) is 2.90. The van der Waals surface area contributed by atoms with Crippen LogP contribution in [-0.4, -0.2) is 19.3 Å². The highest BCUT2D eigenvalue weighted by molar-refractivity contribution is 5.66. The van der Waals surface area contributed by atoms with E-state index in [-0.39, 0.29) is 54.5 Å². The van der Waals surface area contributed by atoms with Gasteiger partial charge in [0.15, 0.2) is 23.1 Å². The number of ether oxygens (including phenoxy) is 3. The summed E-state index contributed by atoms with van der Waals surface area (Å²) in [4.78, 5) is 0. The number of halogens is 5. The number of hydrogen-bond donors (Lipinski definition) is 0. The lowest BCUT2D eigenvalue weighted by molar-refractivity contribution is 0.0130. The van der Waals surface area contributed by atoms with E-state index in [4.69, 9.17) is 14.2 Å². The Hall–Kier alpha value is -3.13. The highest BCUT2D eigenvalue weighted by Gasteiger charge is 2.27. The third-order valence-electron chi connectivity index (χ3n) is 6.65. The molecule has 0 heterocycles. The Kier molecular flexibility index (Phi) is 8.69. The lowest BCUT2D eigenvalue weighted by Crippen LogP contribution is -2.21. The van der Waals surface area contributed by atoms with Crippen LogP contribution in [0.25, 0.3) is 11.1 Å². The van der Waals surface area contributed by atoms with Crippen molar-refractivity contribution in [1.82, 2.24) is 0 Å². The predicted molar refractivity (Wildman–Crippen MR) is 130 cm³/mol. The standard InChI is InChI=1S/C29H29F5O3/c1-3-35-24-13-11-20(26(31)28(24)33)18-6-8-19(9-7-18)37-16-17-5-10-21(23(30)15-17)22-12-14-25(36-4-2)29(34)27(22)32/h5,10-15,18-19H,3-4,6-9,16H2,1-2H3. The van der Waals surface area contributed by atoms with E-state index in [2.05, 4.69) is 0 Å². The molecule has 37 heavy (non-hydrogen) atoms. The maximum absolute atomic E-state index is 14.8. The Morgan fingerprint density at radius 2 is 1.27 bits per heavy atom. The van der Waals surface area contributed by atoms with Gasteiger partial charge in [0.1, 0.15) is 5.82 Å². The minimum Gasteiger partial charge on any atom is -0.491 e. The van der Waals surface area contributed by atoms with Crippen LogP contribution in [0.5, 0.6) is 11.5 Å². The summed E-state index contributed by atoms with van der Waals surface area (Å²) >= 11 is 0. The van der Waals surface area contributed by atoms with E-state index in [0.717, 1.165) is 0 Å². The van der Waals surface area contributed by atoms with Crippen molar-refractivity contribution in [3.05, 3.63) is 82.7 Å². The molecular weight excluding hydrogens is 491 g/mol. The monoisotopic (exact) mass is 520 g/mol. The molecule has 0 aliphatic heterocycles. The maximum atomic E-state index is 14.8. The molecule has 0 radical (unpaired) electrons. The average molecular weight is 521 g/mol. The summed E-state index contributed by atoms with van der Waals surface area (Å²) in [7, 11) is 0. The summed E-state index contributed by atoms with van der Waals surface area (Å²) in [6.45, 7) is 3.93. The van der Waals surface area contributed by atoms with Gasteiger partial charge in [0.05, 0.1) is 25.9 Å². The molecule has 3 nitrogen and oxygen atoms in total. The van der Waals surface area contributed by atoms with Gasteiger partial charge in [-0.3, -0.25) is 0 Å². The summed E-state index contributed by atoms with van der Waals surface area (Å²) in [5.41, 5.74) is 0.639. The fourth-order valence-corrected chi connectivity index (χ4v) is 4.76. The molecule has 1 aliphatic rings. The third kappa shape index (κ3) is 5.90. The van der Waals surface area contributed by atoms with Gasteiger partial charge in [0.25, 0.3) is 0 Å². The van der Waals surface area contributed by atoms with Crippen molar-refractivity contribution in [2.75, 3.05) is 13.2 Å². The van der Waals surface area contributed by atoms with Gasteiger partial charge in [-0.05, 0) is 80.8 Å². The van der Waals surface area contributed by atoms with Gasteiger partial charge in [-0.25, -0.2) is 13.2 Å². The summed E-state index contributed by atoms with van der Waals surface area (Å²) < 4.78 is 88.4. The number of hydrogen-bond acceptors (Lipinski definition) is 3. The largest absolute Gasteiger partial charge is 0.491 e. The van der Waals surface area contributed by atoms with Crippen LogP contribution in [-0.2, 0) is 11.3 Å². The minimum absolute atomic E-state index is 0.0617. The molecule has 3 aromatic carbocycles. The van der Waals surface area contributed by atoms with E-state index in [1.54, 1.807) is 26.0 Å². The van der Waals surface area contributed by atoms with Crippen LogP contribution in [0.2, 0.25) is 0 Å². The van der Waals surface area contributed by atoms with E-state index in [0.29, 0.717) is 36.8 Å². The van der Waals surface area contributed by atoms with Crippen LogP contribution < -0.4 is 9.47 Å². The van der Waals surface area contributed by atoms with Crippen molar-refractivity contribution >= 4 is 0 Å². The van der Waals surface area contributed by atoms with E-state index in [9.17, 15) is 22.0 Å². The van der Waals surface area contributed by atoms with Gasteiger partial charge in [0.2, 0.25) is 11.6 Å². The predicted octanol–water partition coefficient (Wildman–Crippen LogP) is 8.09. The highest BCUT2D eigenvalue weighted by Crippen LogP contribution is 2.38. The SMILES string of the molecule is CCOc1ccc(-c2ccc(COC3CCC(c4ccc(OCC)c(F)c4F)CC3)cc2F)c(F)c1F. The molecule has 8 heteroatoms. The van der Waals surface area contributed by atoms with Gasteiger partial charge >= 0.3 is 0 Å². The zero-order valence-corrected chi connectivity index (χ0v) is 20.8. The fraction of sp³-hybridized carbons (Fsp3) is 0.379. The van der Waals surface area contributed by atoms with Crippen LogP contribution in [0.15, 0.2) is 42.5 Å². The van der Waals surface area contributed by atoms with Crippen LogP contribution in [0, 0.1) is 29.1 Å². The number of benzene rings is 3. The zero-order chi connectivity index (χ0) is 26.5. The Labute approximate surface area is 213 Å². The van der Waals surface area contributed by atoms with Crippen LogP contribution in [0.4, 0.5) is 22.0 Å². The Morgan fingerprint density at radius 1 is 0.676 bits per heavy atom. The topological polar surface area (TPSA) is 27.7 Å². The van der Waals surface area contributed by atoms with E-state index < -0.39 is 29.1 Å². The molecule has 0 N–H and O–H groups in total. The van der Waals surface area contributed by atoms with E-state index >= 15 is 0 Å². The first-order valence-electron chi connectivity index (χ1n) is 12.5. The van der Waals surface area contributed by atoms with Crippen molar-refractivity contribution in [3.8, 4) is 22.6 Å². The molecule has 1 fully saturated rings. The Balaban J connectivity index is 1.35. The smallest absolute Gasteiger partial charge is 0.201 e. The van der Waals surface area contributed by atoms with Gasteiger partial charge in [0, 0.05) is 11.1 Å².